The van der Waals surface area contributed by atoms with Gasteiger partial charge in [0.05, 0.1) is 22.9 Å². The fraction of sp³-hybridized carbons (Fsp3) is 0.900. The van der Waals surface area contributed by atoms with E-state index in [9.17, 15) is 4.79 Å². The van der Waals surface area contributed by atoms with Gasteiger partial charge < -0.3 is 0 Å². The monoisotopic (exact) mass is 295 g/mol. The van der Waals surface area contributed by atoms with Gasteiger partial charge in [-0.05, 0) is 12.8 Å². The van der Waals surface area contributed by atoms with Crippen LogP contribution >= 0.6 is 22.9 Å². The largest absolute Gasteiger partial charge is 0.285 e. The van der Waals surface area contributed by atoms with Gasteiger partial charge >= 0.3 is 0 Å². The lowest BCUT2D eigenvalue weighted by Gasteiger charge is -2.13. The molecule has 1 heterocycles. The third-order valence-electron chi connectivity index (χ3n) is 2.52. The van der Waals surface area contributed by atoms with E-state index in [1.165, 1.54) is 38.5 Å². The van der Waals surface area contributed by atoms with Crippen LogP contribution < -0.4 is 0 Å². The minimum atomic E-state index is 0.322. The Labute approximate surface area is 94.6 Å². The van der Waals surface area contributed by atoms with Crippen LogP contribution in [0.15, 0.2) is 0 Å². The fourth-order valence-electron chi connectivity index (χ4n) is 1.66. The van der Waals surface area contributed by atoms with Crippen LogP contribution in [0.2, 0.25) is 0 Å². The summed E-state index contributed by atoms with van der Waals surface area (Å²) in [5.41, 5.74) is 0. The number of hydrogen-bond donors (Lipinski definition) is 0. The summed E-state index contributed by atoms with van der Waals surface area (Å²) in [4.78, 5) is 11.5. The lowest BCUT2D eigenvalue weighted by molar-refractivity contribution is -0.125. The zero-order chi connectivity index (χ0) is 9.52. The van der Waals surface area contributed by atoms with Crippen LogP contribution in [0.4, 0.5) is 0 Å². The average molecular weight is 295 g/mol. The predicted molar refractivity (Wildman–Crippen MR) is 62.7 cm³/mol. The van der Waals surface area contributed by atoms with Gasteiger partial charge in [-0.2, -0.15) is 0 Å². The van der Waals surface area contributed by atoms with E-state index in [2.05, 4.69) is 22.9 Å². The zero-order valence-corrected chi connectivity index (χ0v) is 10.3. The average Bonchev–Trinajstić information content (AvgIpc) is 2.16. The maximum Gasteiger partial charge on any atom is 0.231 e. The van der Waals surface area contributed by atoms with Gasteiger partial charge in [-0.1, -0.05) is 32.1 Å². The highest BCUT2D eigenvalue weighted by Gasteiger charge is 2.10. The molecule has 76 valence electrons. The number of amides is 1. The Kier molecular flexibility index (Phi) is 5.75. The van der Waals surface area contributed by atoms with Crippen LogP contribution in [0.5, 0.6) is 0 Å². The first-order valence-electron chi connectivity index (χ1n) is 5.27. The van der Waals surface area contributed by atoms with Crippen molar-refractivity contribution < 1.29 is 4.79 Å². The number of halogens is 1. The Morgan fingerprint density at radius 2 is 1.46 bits per heavy atom. The van der Waals surface area contributed by atoms with Crippen molar-refractivity contribution in [2.45, 2.75) is 51.4 Å². The summed E-state index contributed by atoms with van der Waals surface area (Å²) in [6.07, 6.45) is 9.54. The molecule has 0 aromatic carbocycles. The van der Waals surface area contributed by atoms with Gasteiger partial charge in [0.2, 0.25) is 5.91 Å². The molecule has 1 rings (SSSR count). The minimum absolute atomic E-state index is 0.322. The normalized spacial score (nSPS) is 22.5. The molecular weight excluding hydrogens is 277 g/mol. The lowest BCUT2D eigenvalue weighted by atomic mass is 10.1. The van der Waals surface area contributed by atoms with Gasteiger partial charge in [0.25, 0.3) is 0 Å². The maximum absolute atomic E-state index is 11.5. The maximum atomic E-state index is 11.5. The van der Waals surface area contributed by atoms with E-state index in [-0.39, 0.29) is 0 Å². The van der Waals surface area contributed by atoms with Crippen molar-refractivity contribution in [3.8, 4) is 0 Å². The standard InChI is InChI=1S/C10H18INO/c11-12-9-7-5-3-1-2-4-6-8-10(12)13/h1-9H2. The molecule has 1 saturated heterocycles. The predicted octanol–water partition coefficient (Wildman–Crippen LogP) is 3.30. The van der Waals surface area contributed by atoms with Crippen molar-refractivity contribution in [1.82, 2.24) is 3.11 Å². The summed E-state index contributed by atoms with van der Waals surface area (Å²) in [6.45, 7) is 0.944. The molecule has 0 spiro atoms. The van der Waals surface area contributed by atoms with Crippen LogP contribution in [0.1, 0.15) is 51.4 Å². The minimum Gasteiger partial charge on any atom is -0.285 e. The van der Waals surface area contributed by atoms with Crippen LogP contribution in [-0.4, -0.2) is 15.6 Å². The molecule has 1 fully saturated rings. The fourth-order valence-corrected chi connectivity index (χ4v) is 2.24. The van der Waals surface area contributed by atoms with Crippen molar-refractivity contribution in [3.05, 3.63) is 0 Å². The third kappa shape index (κ3) is 4.84. The van der Waals surface area contributed by atoms with Crippen molar-refractivity contribution in [3.63, 3.8) is 0 Å². The molecule has 1 aliphatic heterocycles. The van der Waals surface area contributed by atoms with Crippen LogP contribution in [-0.2, 0) is 4.79 Å². The van der Waals surface area contributed by atoms with Crippen LogP contribution in [0, 0.1) is 0 Å². The lowest BCUT2D eigenvalue weighted by Crippen LogP contribution is -2.21. The summed E-state index contributed by atoms with van der Waals surface area (Å²) in [7, 11) is 0. The molecule has 0 atom stereocenters. The van der Waals surface area contributed by atoms with Crippen molar-refractivity contribution in [2.24, 2.45) is 0 Å². The van der Waals surface area contributed by atoms with Gasteiger partial charge in [0, 0.05) is 13.0 Å². The number of hydrogen-bond acceptors (Lipinski definition) is 1. The topological polar surface area (TPSA) is 20.3 Å². The van der Waals surface area contributed by atoms with Gasteiger partial charge in [-0.25, -0.2) is 0 Å². The van der Waals surface area contributed by atoms with Gasteiger partial charge in [-0.15, -0.1) is 0 Å². The molecule has 0 radical (unpaired) electrons. The number of rotatable bonds is 0. The summed E-state index contributed by atoms with van der Waals surface area (Å²) in [5.74, 6) is 0.322. The Hall–Kier alpha value is 0.200. The number of carbonyl (C=O) groups excluding carboxylic acids is 1. The molecule has 1 amide bonds. The van der Waals surface area contributed by atoms with E-state index in [1.54, 1.807) is 0 Å². The second-order valence-corrected chi connectivity index (χ2v) is 4.87. The van der Waals surface area contributed by atoms with E-state index in [0.717, 1.165) is 19.4 Å². The van der Waals surface area contributed by atoms with Crippen molar-refractivity contribution >= 4 is 28.8 Å². The van der Waals surface area contributed by atoms with E-state index >= 15 is 0 Å². The molecular formula is C10H18INO. The highest BCUT2D eigenvalue weighted by Crippen LogP contribution is 2.14. The van der Waals surface area contributed by atoms with Gasteiger partial charge in [0.15, 0.2) is 0 Å². The Balaban J connectivity index is 2.31. The van der Waals surface area contributed by atoms with Crippen LogP contribution in [0.3, 0.4) is 0 Å². The molecule has 1 aliphatic rings. The Morgan fingerprint density at radius 1 is 0.923 bits per heavy atom. The van der Waals surface area contributed by atoms with Crippen molar-refractivity contribution in [2.75, 3.05) is 6.54 Å². The summed E-state index contributed by atoms with van der Waals surface area (Å²) in [5, 5.41) is 0. The Morgan fingerprint density at radius 3 is 2.15 bits per heavy atom. The molecule has 0 bridgehead atoms. The quantitative estimate of drug-likeness (QED) is 0.496. The molecule has 13 heavy (non-hydrogen) atoms. The van der Waals surface area contributed by atoms with Crippen LogP contribution in [0.25, 0.3) is 0 Å². The zero-order valence-electron chi connectivity index (χ0n) is 8.10. The molecule has 0 N–H and O–H groups in total. The van der Waals surface area contributed by atoms with E-state index in [0.29, 0.717) is 5.91 Å². The number of carbonyl (C=O) groups is 1. The molecule has 3 heteroatoms. The first-order chi connectivity index (χ1) is 6.30. The molecule has 0 saturated carbocycles. The van der Waals surface area contributed by atoms with Gasteiger partial charge in [0.1, 0.15) is 0 Å². The Bertz CT molecular complexity index is 161. The SMILES string of the molecule is O=C1CCCCCCCCCN1I. The summed E-state index contributed by atoms with van der Waals surface area (Å²) >= 11 is 2.15. The highest BCUT2D eigenvalue weighted by molar-refractivity contribution is 14.1. The van der Waals surface area contributed by atoms with E-state index < -0.39 is 0 Å². The number of nitrogens with zero attached hydrogens (tertiary/aromatic N) is 1. The first-order valence-corrected chi connectivity index (χ1v) is 6.23. The third-order valence-corrected chi connectivity index (χ3v) is 3.54. The van der Waals surface area contributed by atoms with Gasteiger partial charge in [-0.3, -0.25) is 7.91 Å². The van der Waals surface area contributed by atoms with E-state index in [4.69, 9.17) is 0 Å². The summed E-state index contributed by atoms with van der Waals surface area (Å²) < 4.78 is 1.86. The van der Waals surface area contributed by atoms with E-state index in [1.807, 2.05) is 3.11 Å². The summed E-state index contributed by atoms with van der Waals surface area (Å²) in [6, 6.07) is 0. The molecule has 0 aliphatic carbocycles. The molecule has 0 unspecified atom stereocenters. The smallest absolute Gasteiger partial charge is 0.231 e. The second-order valence-electron chi connectivity index (χ2n) is 3.70. The molecule has 2 nitrogen and oxygen atoms in total. The molecule has 0 aromatic heterocycles. The second kappa shape index (κ2) is 6.62. The first kappa shape index (κ1) is 11.3. The highest BCUT2D eigenvalue weighted by atomic mass is 127. The molecule has 0 aromatic rings. The van der Waals surface area contributed by atoms with Crippen molar-refractivity contribution in [1.29, 1.82) is 0 Å².